The number of nitro benzene ring substituents is 1. The zero-order valence-corrected chi connectivity index (χ0v) is 15.6. The van der Waals surface area contributed by atoms with Gasteiger partial charge in [-0.3, -0.25) is 10.1 Å². The van der Waals surface area contributed by atoms with Crippen LogP contribution in [0.15, 0.2) is 40.6 Å². The van der Waals surface area contributed by atoms with Crippen molar-refractivity contribution in [1.29, 1.82) is 0 Å². The number of nitrogens with zero attached hydrogens (tertiary/aromatic N) is 2. The fourth-order valence-corrected chi connectivity index (χ4v) is 4.82. The van der Waals surface area contributed by atoms with E-state index in [-0.39, 0.29) is 23.7 Å². The minimum absolute atomic E-state index is 0.0742. The number of nitro groups is 1. The molecule has 0 radical (unpaired) electrons. The monoisotopic (exact) mass is 397 g/mol. The van der Waals surface area contributed by atoms with Crippen LogP contribution in [-0.4, -0.2) is 50.5 Å². The lowest BCUT2D eigenvalue weighted by Gasteiger charge is -2.26. The molecule has 0 aliphatic carbocycles. The fraction of sp³-hybridized carbons (Fsp3) is 0.375. The van der Waals surface area contributed by atoms with Gasteiger partial charge in [0.25, 0.3) is 5.69 Å². The zero-order chi connectivity index (χ0) is 18.6. The summed E-state index contributed by atoms with van der Waals surface area (Å²) >= 11 is 1.62. The smallest absolute Gasteiger partial charge is 0.293 e. The van der Waals surface area contributed by atoms with Crippen LogP contribution < -0.4 is 5.32 Å². The first-order valence-corrected chi connectivity index (χ1v) is 10.4. The van der Waals surface area contributed by atoms with E-state index in [2.05, 4.69) is 5.32 Å². The van der Waals surface area contributed by atoms with Crippen molar-refractivity contribution in [3.05, 3.63) is 50.7 Å². The number of morpholine rings is 1. The maximum atomic E-state index is 12.7. The van der Waals surface area contributed by atoms with E-state index in [0.717, 1.165) is 12.5 Å². The Morgan fingerprint density at radius 2 is 2.04 bits per heavy atom. The predicted molar refractivity (Wildman–Crippen MR) is 99.2 cm³/mol. The molecule has 0 unspecified atom stereocenters. The number of ether oxygens (including phenoxy) is 1. The summed E-state index contributed by atoms with van der Waals surface area (Å²) in [6, 6.07) is 7.94. The third-order valence-corrected chi connectivity index (χ3v) is 6.87. The summed E-state index contributed by atoms with van der Waals surface area (Å²) in [7, 11) is -3.77. The molecule has 1 aromatic heterocycles. The molecule has 2 heterocycles. The van der Waals surface area contributed by atoms with E-state index in [0.29, 0.717) is 25.4 Å². The molecular weight excluding hydrogens is 378 g/mol. The summed E-state index contributed by atoms with van der Waals surface area (Å²) < 4.78 is 31.8. The molecule has 0 saturated carbocycles. The molecule has 1 saturated heterocycles. The van der Waals surface area contributed by atoms with Crippen LogP contribution >= 0.6 is 11.3 Å². The van der Waals surface area contributed by atoms with E-state index in [9.17, 15) is 18.5 Å². The largest absolute Gasteiger partial charge is 0.379 e. The summed E-state index contributed by atoms with van der Waals surface area (Å²) in [5.41, 5.74) is 0.0676. The van der Waals surface area contributed by atoms with Gasteiger partial charge in [0.1, 0.15) is 5.69 Å². The van der Waals surface area contributed by atoms with Gasteiger partial charge in [0, 0.05) is 30.6 Å². The van der Waals surface area contributed by atoms with Crippen LogP contribution in [0.5, 0.6) is 0 Å². The first kappa shape index (κ1) is 18.8. The number of rotatable bonds is 7. The molecule has 2 aromatic rings. The highest BCUT2D eigenvalue weighted by Crippen LogP contribution is 2.29. The van der Waals surface area contributed by atoms with E-state index in [1.54, 1.807) is 11.3 Å². The molecule has 0 amide bonds. The van der Waals surface area contributed by atoms with E-state index in [4.69, 9.17) is 4.74 Å². The van der Waals surface area contributed by atoms with Gasteiger partial charge in [0.05, 0.1) is 23.0 Å². The summed E-state index contributed by atoms with van der Waals surface area (Å²) in [5.74, 6) is 0. The van der Waals surface area contributed by atoms with Crippen LogP contribution in [0.25, 0.3) is 0 Å². The van der Waals surface area contributed by atoms with Gasteiger partial charge in [-0.25, -0.2) is 8.42 Å². The highest BCUT2D eigenvalue weighted by molar-refractivity contribution is 7.89. The van der Waals surface area contributed by atoms with Gasteiger partial charge in [-0.2, -0.15) is 4.31 Å². The number of benzene rings is 1. The average molecular weight is 397 g/mol. The third-order valence-electron chi connectivity index (χ3n) is 4.04. The number of hydrogen-bond acceptors (Lipinski definition) is 7. The number of hydrogen-bond donors (Lipinski definition) is 1. The molecule has 1 aliphatic heterocycles. The molecule has 0 spiro atoms. The molecule has 3 rings (SSSR count). The Kier molecular flexibility index (Phi) is 5.87. The van der Waals surface area contributed by atoms with Crippen LogP contribution in [0.1, 0.15) is 4.88 Å². The summed E-state index contributed by atoms with van der Waals surface area (Å²) in [4.78, 5) is 11.9. The average Bonchev–Trinajstić information content (AvgIpc) is 3.16. The number of anilines is 1. The minimum Gasteiger partial charge on any atom is -0.379 e. The normalized spacial score (nSPS) is 15.7. The first-order valence-electron chi connectivity index (χ1n) is 8.11. The van der Waals surface area contributed by atoms with Gasteiger partial charge >= 0.3 is 0 Å². The van der Waals surface area contributed by atoms with Gasteiger partial charge in [-0.15, -0.1) is 11.3 Å². The lowest BCUT2D eigenvalue weighted by Crippen LogP contribution is -2.40. The van der Waals surface area contributed by atoms with E-state index < -0.39 is 14.9 Å². The molecule has 8 nitrogen and oxygen atoms in total. The lowest BCUT2D eigenvalue weighted by atomic mass is 10.2. The van der Waals surface area contributed by atoms with Gasteiger partial charge in [0.15, 0.2) is 0 Å². The van der Waals surface area contributed by atoms with Gasteiger partial charge in [-0.05, 0) is 30.0 Å². The SMILES string of the molecule is O=[N+]([O-])c1cc(S(=O)(=O)N2CCOCC2)ccc1NCCc1cccs1. The highest BCUT2D eigenvalue weighted by Gasteiger charge is 2.28. The van der Waals surface area contributed by atoms with Crippen molar-refractivity contribution in [2.24, 2.45) is 0 Å². The van der Waals surface area contributed by atoms with E-state index in [1.165, 1.54) is 21.3 Å². The van der Waals surface area contributed by atoms with E-state index in [1.807, 2.05) is 17.5 Å². The molecule has 1 fully saturated rings. The topological polar surface area (TPSA) is 102 Å². The van der Waals surface area contributed by atoms with Crippen LogP contribution in [0.4, 0.5) is 11.4 Å². The van der Waals surface area contributed by atoms with Crippen LogP contribution in [0.3, 0.4) is 0 Å². The quantitative estimate of drug-likeness (QED) is 0.568. The number of sulfonamides is 1. The van der Waals surface area contributed by atoms with E-state index >= 15 is 0 Å². The summed E-state index contributed by atoms with van der Waals surface area (Å²) in [6.45, 7) is 1.66. The van der Waals surface area contributed by atoms with Crippen molar-refractivity contribution in [2.45, 2.75) is 11.3 Å². The van der Waals surface area contributed by atoms with Crippen LogP contribution in [0.2, 0.25) is 0 Å². The Labute approximate surface area is 155 Å². The van der Waals surface area contributed by atoms with Crippen molar-refractivity contribution in [3.63, 3.8) is 0 Å². The third kappa shape index (κ3) is 4.21. The Balaban J connectivity index is 1.78. The second kappa shape index (κ2) is 8.12. The van der Waals surface area contributed by atoms with Gasteiger partial charge in [0.2, 0.25) is 10.0 Å². The molecule has 140 valence electrons. The maximum Gasteiger partial charge on any atom is 0.293 e. The molecule has 1 aromatic carbocycles. The fourth-order valence-electron chi connectivity index (χ4n) is 2.68. The molecule has 0 atom stereocenters. The second-order valence-corrected chi connectivity index (χ2v) is 8.68. The Bertz CT molecular complexity index is 862. The standard InChI is InChI=1S/C16H19N3O5S2/c20-19(21)16-12-14(26(22,23)18-7-9-24-10-8-18)3-4-15(16)17-6-5-13-2-1-11-25-13/h1-4,11-12,17H,5-10H2. The first-order chi connectivity index (χ1) is 12.5. The van der Waals surface area contributed by atoms with Crippen LogP contribution in [0, 0.1) is 10.1 Å². The predicted octanol–water partition coefficient (Wildman–Crippen LogP) is 2.33. The van der Waals surface area contributed by atoms with Crippen molar-refractivity contribution in [2.75, 3.05) is 38.2 Å². The molecule has 10 heteroatoms. The second-order valence-electron chi connectivity index (χ2n) is 5.71. The molecule has 1 N–H and O–H groups in total. The van der Waals surface area contributed by atoms with Crippen molar-refractivity contribution in [1.82, 2.24) is 4.31 Å². The Morgan fingerprint density at radius 1 is 1.27 bits per heavy atom. The van der Waals surface area contributed by atoms with Crippen molar-refractivity contribution >= 4 is 32.7 Å². The minimum atomic E-state index is -3.77. The van der Waals surface area contributed by atoms with Gasteiger partial charge < -0.3 is 10.1 Å². The number of nitrogens with one attached hydrogen (secondary N) is 1. The number of thiophene rings is 1. The zero-order valence-electron chi connectivity index (χ0n) is 14.0. The Hall–Kier alpha value is -2.01. The molecule has 26 heavy (non-hydrogen) atoms. The highest BCUT2D eigenvalue weighted by atomic mass is 32.2. The van der Waals surface area contributed by atoms with Crippen molar-refractivity contribution < 1.29 is 18.1 Å². The molecule has 1 aliphatic rings. The maximum absolute atomic E-state index is 12.7. The summed E-state index contributed by atoms with van der Waals surface area (Å²) in [5, 5.41) is 16.4. The Morgan fingerprint density at radius 3 is 2.69 bits per heavy atom. The van der Waals surface area contributed by atoms with Crippen LogP contribution in [-0.2, 0) is 21.2 Å². The summed E-state index contributed by atoms with van der Waals surface area (Å²) in [6.07, 6.45) is 0.739. The van der Waals surface area contributed by atoms with Gasteiger partial charge in [-0.1, -0.05) is 6.07 Å². The molecular formula is C16H19N3O5S2. The van der Waals surface area contributed by atoms with Crippen molar-refractivity contribution in [3.8, 4) is 0 Å². The lowest BCUT2D eigenvalue weighted by molar-refractivity contribution is -0.384. The molecule has 0 bridgehead atoms.